The summed E-state index contributed by atoms with van der Waals surface area (Å²) < 4.78 is 27.5. The van der Waals surface area contributed by atoms with Crippen LogP contribution < -0.4 is 10.6 Å². The summed E-state index contributed by atoms with van der Waals surface area (Å²) in [6.45, 7) is 7.61. The summed E-state index contributed by atoms with van der Waals surface area (Å²) in [6, 6.07) is 6.49. The van der Waals surface area contributed by atoms with E-state index in [1.54, 1.807) is 12.1 Å². The number of halogens is 1. The van der Waals surface area contributed by atoms with Crippen molar-refractivity contribution in [2.45, 2.75) is 32.2 Å². The van der Waals surface area contributed by atoms with Crippen molar-refractivity contribution in [2.24, 2.45) is 0 Å². The van der Waals surface area contributed by atoms with Crippen molar-refractivity contribution in [3.05, 3.63) is 42.5 Å². The third-order valence-corrected chi connectivity index (χ3v) is 6.30. The van der Waals surface area contributed by atoms with Crippen LogP contribution in [0, 0.1) is 5.82 Å². The van der Waals surface area contributed by atoms with Gasteiger partial charge in [0.15, 0.2) is 0 Å². The van der Waals surface area contributed by atoms with Crippen LogP contribution in [0.2, 0.25) is 0 Å². The molecule has 0 aromatic heterocycles. The largest absolute Gasteiger partial charge is 0.369 e. The number of anilines is 1. The molecule has 0 saturated carbocycles. The van der Waals surface area contributed by atoms with Crippen molar-refractivity contribution < 1.29 is 8.60 Å². The quantitative estimate of drug-likeness (QED) is 0.784. The minimum atomic E-state index is -1.98. The van der Waals surface area contributed by atoms with Crippen molar-refractivity contribution in [3.8, 4) is 0 Å². The van der Waals surface area contributed by atoms with Crippen molar-refractivity contribution in [1.29, 1.82) is 0 Å². The van der Waals surface area contributed by atoms with Crippen LogP contribution in [-0.4, -0.2) is 39.3 Å². The van der Waals surface area contributed by atoms with Crippen molar-refractivity contribution in [1.82, 2.24) is 9.62 Å². The van der Waals surface area contributed by atoms with Gasteiger partial charge in [0.2, 0.25) is 0 Å². The summed E-state index contributed by atoms with van der Waals surface area (Å²) in [5, 5.41) is 8.40. The van der Waals surface area contributed by atoms with Crippen LogP contribution in [0.3, 0.4) is 0 Å². The second-order valence-corrected chi connectivity index (χ2v) is 8.47. The van der Waals surface area contributed by atoms with Crippen molar-refractivity contribution in [2.75, 3.05) is 24.7 Å². The first kappa shape index (κ1) is 17.8. The lowest BCUT2D eigenvalue weighted by Gasteiger charge is -2.34. The van der Waals surface area contributed by atoms with E-state index >= 15 is 0 Å². The molecule has 0 radical (unpaired) electrons. The Morgan fingerprint density at radius 2 is 2.00 bits per heavy atom. The highest BCUT2D eigenvalue weighted by molar-refractivity contribution is 7.98. The molecule has 1 unspecified atom stereocenters. The van der Waals surface area contributed by atoms with Gasteiger partial charge in [-0.15, -0.1) is 0 Å². The lowest BCUT2D eigenvalue weighted by molar-refractivity contribution is 0.312. The van der Waals surface area contributed by atoms with Gasteiger partial charge in [-0.2, -0.15) is 0 Å². The van der Waals surface area contributed by atoms with Crippen LogP contribution in [0.5, 0.6) is 0 Å². The molecule has 0 aliphatic carbocycles. The van der Waals surface area contributed by atoms with Gasteiger partial charge in [0, 0.05) is 40.8 Å². The predicted molar refractivity (Wildman–Crippen MR) is 97.3 cm³/mol. The van der Waals surface area contributed by atoms with Crippen LogP contribution in [0.4, 0.5) is 10.1 Å². The fourth-order valence-corrected chi connectivity index (χ4v) is 4.53. The minimum Gasteiger partial charge on any atom is -0.369 e. The maximum Gasteiger partial charge on any atom is 0.123 e. The minimum absolute atomic E-state index is 0.256. The zero-order valence-electron chi connectivity index (χ0n) is 13.8. The molecule has 0 amide bonds. The molecule has 23 heavy (non-hydrogen) atoms. The van der Waals surface area contributed by atoms with Gasteiger partial charge in [0.25, 0.3) is 0 Å². The second kappa shape index (κ2) is 7.84. The molecular weight excluding hydrogens is 313 g/mol. The number of piperidine rings is 1. The summed E-state index contributed by atoms with van der Waals surface area (Å²) in [5.74, 6) is 0.445. The van der Waals surface area contributed by atoms with Crippen LogP contribution >= 0.6 is 0 Å². The first-order valence-corrected chi connectivity index (χ1v) is 9.95. The van der Waals surface area contributed by atoms with Gasteiger partial charge in [-0.1, -0.05) is 13.5 Å². The SMILES string of the molecule is C=C(Nc1ccc(F)cc1)NC1CCN(S(C)(=O)=CCC)CC1. The highest BCUT2D eigenvalue weighted by Gasteiger charge is 2.23. The van der Waals surface area contributed by atoms with E-state index in [1.807, 2.05) is 18.5 Å². The van der Waals surface area contributed by atoms with Crippen molar-refractivity contribution in [3.63, 3.8) is 0 Å². The highest BCUT2D eigenvalue weighted by atomic mass is 32.2. The molecule has 1 aromatic carbocycles. The lowest BCUT2D eigenvalue weighted by atomic mass is 10.1. The Labute approximate surface area is 138 Å². The lowest BCUT2D eigenvalue weighted by Crippen LogP contribution is -2.45. The Morgan fingerprint density at radius 3 is 2.57 bits per heavy atom. The van der Waals surface area contributed by atoms with Crippen LogP contribution in [0.25, 0.3) is 0 Å². The third-order valence-electron chi connectivity index (χ3n) is 3.96. The second-order valence-electron chi connectivity index (χ2n) is 5.89. The standard InChI is InChI=1S/C17H26FN3OS/c1-4-13-23(3,22)21-11-9-17(10-12-21)20-14(2)19-16-7-5-15(18)6-8-16/h5-8,13,17,19-20H,2,4,9-12H2,1,3H3. The van der Waals surface area contributed by atoms with Gasteiger partial charge in [-0.25, -0.2) is 8.70 Å². The Balaban J connectivity index is 1.82. The molecule has 0 spiro atoms. The van der Waals surface area contributed by atoms with Gasteiger partial charge >= 0.3 is 0 Å². The molecule has 2 N–H and O–H groups in total. The molecule has 1 atom stereocenters. The monoisotopic (exact) mass is 339 g/mol. The average Bonchev–Trinajstić information content (AvgIpc) is 2.50. The average molecular weight is 339 g/mol. The van der Waals surface area contributed by atoms with Gasteiger partial charge in [-0.3, -0.25) is 4.21 Å². The smallest absolute Gasteiger partial charge is 0.123 e. The topological polar surface area (TPSA) is 44.4 Å². The number of nitrogens with one attached hydrogen (secondary N) is 2. The molecule has 1 aliphatic heterocycles. The zero-order valence-corrected chi connectivity index (χ0v) is 14.7. The number of hydrogen-bond acceptors (Lipinski definition) is 3. The highest BCUT2D eigenvalue weighted by Crippen LogP contribution is 2.16. The normalized spacial score (nSPS) is 18.9. The van der Waals surface area contributed by atoms with Gasteiger partial charge < -0.3 is 10.6 Å². The Morgan fingerprint density at radius 1 is 1.39 bits per heavy atom. The van der Waals surface area contributed by atoms with E-state index in [4.69, 9.17) is 0 Å². The Kier molecular flexibility index (Phi) is 6.07. The van der Waals surface area contributed by atoms with Crippen LogP contribution in [0.15, 0.2) is 36.7 Å². The Bertz CT molecular complexity index is 642. The molecule has 1 fully saturated rings. The molecule has 6 heteroatoms. The van der Waals surface area contributed by atoms with Gasteiger partial charge in [-0.05, 0) is 48.9 Å². The first-order valence-electron chi connectivity index (χ1n) is 7.96. The molecule has 128 valence electrons. The number of rotatable bonds is 6. The molecule has 2 rings (SSSR count). The van der Waals surface area contributed by atoms with Crippen LogP contribution in [-0.2, 0) is 9.71 Å². The first-order chi connectivity index (χ1) is 10.9. The maximum absolute atomic E-state index is 12.9. The molecule has 1 aromatic rings. The summed E-state index contributed by atoms with van der Waals surface area (Å²) in [5.41, 5.74) is 0.801. The van der Waals surface area contributed by atoms with E-state index in [9.17, 15) is 8.60 Å². The molecular formula is C17H26FN3OS. The number of benzene rings is 1. The molecule has 1 heterocycles. The van der Waals surface area contributed by atoms with E-state index in [2.05, 4.69) is 21.5 Å². The Hall–Kier alpha value is -1.53. The van der Waals surface area contributed by atoms with E-state index in [0.29, 0.717) is 11.9 Å². The van der Waals surface area contributed by atoms with Crippen molar-refractivity contribution >= 4 is 20.8 Å². The molecule has 1 aliphatic rings. The number of hydrogen-bond donors (Lipinski definition) is 2. The zero-order chi connectivity index (χ0) is 16.9. The molecule has 4 nitrogen and oxygen atoms in total. The van der Waals surface area contributed by atoms with Crippen LogP contribution in [0.1, 0.15) is 26.2 Å². The summed E-state index contributed by atoms with van der Waals surface area (Å²) in [4.78, 5) is 0. The van der Waals surface area contributed by atoms with E-state index < -0.39 is 9.71 Å². The fourth-order valence-electron chi connectivity index (χ4n) is 2.77. The molecule has 0 bridgehead atoms. The summed E-state index contributed by atoms with van der Waals surface area (Å²) in [7, 11) is -1.98. The fraction of sp³-hybridized carbons (Fsp3) is 0.471. The van der Waals surface area contributed by atoms with Gasteiger partial charge in [0.1, 0.15) is 5.82 Å². The third kappa shape index (κ3) is 5.25. The number of nitrogens with zero attached hydrogens (tertiary/aromatic N) is 1. The van der Waals surface area contributed by atoms with E-state index in [0.717, 1.165) is 38.0 Å². The van der Waals surface area contributed by atoms with E-state index in [1.165, 1.54) is 12.1 Å². The van der Waals surface area contributed by atoms with E-state index in [-0.39, 0.29) is 5.82 Å². The summed E-state index contributed by atoms with van der Waals surface area (Å²) >= 11 is 0. The maximum atomic E-state index is 12.9. The molecule has 1 saturated heterocycles. The predicted octanol–water partition coefficient (Wildman–Crippen LogP) is 2.80. The summed E-state index contributed by atoms with van der Waals surface area (Å²) in [6.07, 6.45) is 4.49. The van der Waals surface area contributed by atoms with Gasteiger partial charge in [0.05, 0.1) is 5.82 Å².